The second kappa shape index (κ2) is 6.95. The zero-order valence-electron chi connectivity index (χ0n) is 10.4. The molecule has 1 unspecified atom stereocenters. The number of aliphatic hydroxyl groups excluding tert-OH is 1. The maximum atomic E-state index is 11.9. The summed E-state index contributed by atoms with van der Waals surface area (Å²) in [5, 5.41) is 19.9. The van der Waals surface area contributed by atoms with Crippen molar-refractivity contribution in [3.63, 3.8) is 0 Å². The number of benzene rings is 1. The lowest BCUT2D eigenvalue weighted by molar-refractivity contribution is -0.384. The monoisotopic (exact) mass is 324 g/mol. The van der Waals surface area contributed by atoms with Gasteiger partial charge in [-0.2, -0.15) is 0 Å². The molecule has 1 aromatic rings. The number of halogens is 1. The van der Waals surface area contributed by atoms with Crippen molar-refractivity contribution in [1.29, 1.82) is 0 Å². The second-order valence-corrected chi connectivity index (χ2v) is 6.01. The highest BCUT2D eigenvalue weighted by molar-refractivity contribution is 7.89. The molecule has 0 aliphatic heterocycles. The van der Waals surface area contributed by atoms with E-state index in [-0.39, 0.29) is 23.1 Å². The summed E-state index contributed by atoms with van der Waals surface area (Å²) in [5.41, 5.74) is -0.507. The number of nitro groups is 1. The highest BCUT2D eigenvalue weighted by Crippen LogP contribution is 2.26. The van der Waals surface area contributed by atoms with Crippen molar-refractivity contribution >= 4 is 27.3 Å². The molecule has 1 rings (SSSR count). The van der Waals surface area contributed by atoms with Crippen LogP contribution in [0.2, 0.25) is 5.02 Å². The highest BCUT2D eigenvalue weighted by Gasteiger charge is 2.21. The van der Waals surface area contributed by atoms with Crippen molar-refractivity contribution in [3.8, 4) is 0 Å². The fraction of sp³-hybridized carbons (Fsp3) is 0.400. The molecule has 0 spiro atoms. The van der Waals surface area contributed by atoms with Gasteiger partial charge in [0.1, 0.15) is 5.02 Å². The van der Waals surface area contributed by atoms with E-state index >= 15 is 0 Å². The molecule has 0 aliphatic carbocycles. The Morgan fingerprint density at radius 3 is 2.75 bits per heavy atom. The van der Waals surface area contributed by atoms with Gasteiger partial charge in [0, 0.05) is 19.7 Å². The first-order valence-electron chi connectivity index (χ1n) is 5.38. The van der Waals surface area contributed by atoms with Crippen molar-refractivity contribution < 1.29 is 23.2 Å². The predicted octanol–water partition coefficient (Wildman–Crippen LogP) is 0.534. The molecule has 0 saturated heterocycles. The lowest BCUT2D eigenvalue weighted by Gasteiger charge is -2.11. The predicted molar refractivity (Wildman–Crippen MR) is 71.2 cm³/mol. The number of nitrogens with zero attached hydrogens (tertiary/aromatic N) is 1. The summed E-state index contributed by atoms with van der Waals surface area (Å²) >= 11 is 5.60. The van der Waals surface area contributed by atoms with Gasteiger partial charge in [0.15, 0.2) is 0 Å². The number of nitro benzene ring substituents is 1. The van der Waals surface area contributed by atoms with E-state index in [9.17, 15) is 23.6 Å². The Bertz CT molecular complexity index is 591. The summed E-state index contributed by atoms with van der Waals surface area (Å²) in [6.45, 7) is -0.310. The Labute approximate surface area is 120 Å². The minimum atomic E-state index is -3.98. The van der Waals surface area contributed by atoms with E-state index in [1.54, 1.807) is 0 Å². The van der Waals surface area contributed by atoms with Crippen LogP contribution in [0, 0.1) is 10.1 Å². The molecule has 20 heavy (non-hydrogen) atoms. The van der Waals surface area contributed by atoms with Crippen LogP contribution < -0.4 is 4.72 Å². The summed E-state index contributed by atoms with van der Waals surface area (Å²) in [5.74, 6) is 0. The number of hydrogen-bond acceptors (Lipinski definition) is 6. The Morgan fingerprint density at radius 1 is 1.55 bits per heavy atom. The number of rotatable bonds is 7. The maximum Gasteiger partial charge on any atom is 0.289 e. The average molecular weight is 325 g/mol. The van der Waals surface area contributed by atoms with Crippen LogP contribution in [0.15, 0.2) is 23.1 Å². The van der Waals surface area contributed by atoms with E-state index in [2.05, 4.69) is 9.46 Å². The van der Waals surface area contributed by atoms with Crippen LogP contribution in [0.5, 0.6) is 0 Å². The minimum Gasteiger partial charge on any atom is -0.389 e. The summed E-state index contributed by atoms with van der Waals surface area (Å²) in [6.07, 6.45) is -1.02. The fourth-order valence-corrected chi connectivity index (χ4v) is 2.62. The average Bonchev–Trinajstić information content (AvgIpc) is 2.37. The molecule has 0 heterocycles. The van der Waals surface area contributed by atoms with Crippen LogP contribution in [0.25, 0.3) is 0 Å². The van der Waals surface area contributed by atoms with Crippen molar-refractivity contribution in [1.82, 2.24) is 4.72 Å². The van der Waals surface area contributed by atoms with Crippen molar-refractivity contribution in [3.05, 3.63) is 33.3 Å². The third-order valence-electron chi connectivity index (χ3n) is 2.29. The zero-order valence-corrected chi connectivity index (χ0v) is 12.0. The third kappa shape index (κ3) is 4.39. The molecule has 8 nitrogen and oxygen atoms in total. The van der Waals surface area contributed by atoms with E-state index in [0.29, 0.717) is 0 Å². The number of sulfonamides is 1. The SMILES string of the molecule is COCC(O)CNS(=O)(=O)c1ccc(Cl)c([N+](=O)[O-])c1. The first kappa shape index (κ1) is 16.8. The minimum absolute atomic E-state index is 0.0384. The molecule has 1 atom stereocenters. The lowest BCUT2D eigenvalue weighted by atomic mass is 10.3. The summed E-state index contributed by atoms with van der Waals surface area (Å²) < 4.78 is 30.6. The summed E-state index contributed by atoms with van der Waals surface area (Å²) in [4.78, 5) is 9.62. The van der Waals surface area contributed by atoms with Crippen molar-refractivity contribution in [2.24, 2.45) is 0 Å². The molecule has 0 bridgehead atoms. The van der Waals surface area contributed by atoms with Gasteiger partial charge < -0.3 is 9.84 Å². The van der Waals surface area contributed by atoms with Gasteiger partial charge in [-0.1, -0.05) is 11.6 Å². The second-order valence-electron chi connectivity index (χ2n) is 3.83. The smallest absolute Gasteiger partial charge is 0.289 e. The van der Waals surface area contributed by atoms with Crippen LogP contribution in [-0.2, 0) is 14.8 Å². The van der Waals surface area contributed by atoms with E-state index in [4.69, 9.17) is 11.6 Å². The molecule has 0 aromatic heterocycles. The third-order valence-corrected chi connectivity index (χ3v) is 4.03. The maximum absolute atomic E-state index is 11.9. The number of hydrogen-bond donors (Lipinski definition) is 2. The molecule has 1 aromatic carbocycles. The van der Waals surface area contributed by atoms with Gasteiger partial charge in [-0.25, -0.2) is 13.1 Å². The molecule has 112 valence electrons. The van der Waals surface area contributed by atoms with Crippen LogP contribution in [-0.4, -0.2) is 44.8 Å². The summed E-state index contributed by atoms with van der Waals surface area (Å²) in [7, 11) is -2.61. The van der Waals surface area contributed by atoms with Gasteiger partial charge in [-0.3, -0.25) is 10.1 Å². The Balaban J connectivity index is 2.93. The van der Waals surface area contributed by atoms with E-state index in [0.717, 1.165) is 18.2 Å². The molecule has 2 N–H and O–H groups in total. The number of nitrogens with one attached hydrogen (secondary N) is 1. The van der Waals surface area contributed by atoms with Crippen molar-refractivity contribution in [2.75, 3.05) is 20.3 Å². The van der Waals surface area contributed by atoms with Gasteiger partial charge in [-0.05, 0) is 12.1 Å². The quantitative estimate of drug-likeness (QED) is 0.558. The van der Waals surface area contributed by atoms with Crippen LogP contribution in [0.4, 0.5) is 5.69 Å². The first-order valence-corrected chi connectivity index (χ1v) is 7.24. The topological polar surface area (TPSA) is 119 Å². The Hall–Kier alpha value is -1.26. The van der Waals surface area contributed by atoms with Crippen LogP contribution in [0.1, 0.15) is 0 Å². The highest BCUT2D eigenvalue weighted by atomic mass is 35.5. The molecular weight excluding hydrogens is 312 g/mol. The fourth-order valence-electron chi connectivity index (χ4n) is 1.34. The molecular formula is C10H13ClN2O6S. The number of aliphatic hydroxyl groups is 1. The Kier molecular flexibility index (Phi) is 5.84. The molecule has 0 radical (unpaired) electrons. The Morgan fingerprint density at radius 2 is 2.20 bits per heavy atom. The normalized spacial score (nSPS) is 13.2. The van der Waals surface area contributed by atoms with Crippen molar-refractivity contribution in [2.45, 2.75) is 11.0 Å². The number of ether oxygens (including phenoxy) is 1. The van der Waals surface area contributed by atoms with E-state index in [1.807, 2.05) is 0 Å². The molecule has 0 fully saturated rings. The van der Waals surface area contributed by atoms with E-state index < -0.39 is 26.7 Å². The van der Waals surface area contributed by atoms with Crippen LogP contribution >= 0.6 is 11.6 Å². The molecule has 0 saturated carbocycles. The zero-order chi connectivity index (χ0) is 15.3. The molecule has 0 aliphatic rings. The van der Waals surface area contributed by atoms with Gasteiger partial charge in [0.05, 0.1) is 22.5 Å². The lowest BCUT2D eigenvalue weighted by Crippen LogP contribution is -2.34. The van der Waals surface area contributed by atoms with E-state index in [1.165, 1.54) is 7.11 Å². The van der Waals surface area contributed by atoms with Gasteiger partial charge in [0.2, 0.25) is 10.0 Å². The van der Waals surface area contributed by atoms with Crippen LogP contribution in [0.3, 0.4) is 0 Å². The van der Waals surface area contributed by atoms with Gasteiger partial charge in [-0.15, -0.1) is 0 Å². The molecule has 0 amide bonds. The largest absolute Gasteiger partial charge is 0.389 e. The van der Waals surface area contributed by atoms with Gasteiger partial charge in [0.25, 0.3) is 5.69 Å². The summed E-state index contributed by atoms with van der Waals surface area (Å²) in [6, 6.07) is 3.12. The van der Waals surface area contributed by atoms with Gasteiger partial charge >= 0.3 is 0 Å². The number of methoxy groups -OCH3 is 1. The molecule has 10 heteroatoms. The standard InChI is InChI=1S/C10H13ClN2O6S/c1-19-6-7(14)5-12-20(17,18)8-2-3-9(11)10(4-8)13(15)16/h2-4,7,12,14H,5-6H2,1H3. The first-order chi connectivity index (χ1) is 9.27.